The molecule has 2 aromatic heterocycles. The summed E-state index contributed by atoms with van der Waals surface area (Å²) in [6.45, 7) is 5.19. The summed E-state index contributed by atoms with van der Waals surface area (Å²) < 4.78 is 1.80. The molecule has 0 saturated heterocycles. The monoisotopic (exact) mass is 412 g/mol. The van der Waals surface area contributed by atoms with Crippen molar-refractivity contribution in [1.29, 1.82) is 0 Å². The summed E-state index contributed by atoms with van der Waals surface area (Å²) in [6.07, 6.45) is 4.53. The van der Waals surface area contributed by atoms with Crippen molar-refractivity contribution in [3.8, 4) is 5.69 Å². The van der Waals surface area contributed by atoms with Crippen LogP contribution in [0.4, 0.5) is 5.82 Å². The molecular formula is C21H25ClN6O. The minimum atomic E-state index is 0.0714. The molecule has 0 aliphatic heterocycles. The molecule has 1 fully saturated rings. The number of carbonyl (C=O) groups excluding carboxylic acids is 1. The predicted octanol–water partition coefficient (Wildman–Crippen LogP) is 3.92. The average molecular weight is 413 g/mol. The van der Waals surface area contributed by atoms with Crippen LogP contribution in [-0.2, 0) is 4.79 Å². The van der Waals surface area contributed by atoms with Crippen LogP contribution in [0.2, 0.25) is 5.02 Å². The molecule has 1 saturated carbocycles. The second kappa shape index (κ2) is 8.37. The molecule has 1 amide bonds. The lowest BCUT2D eigenvalue weighted by Gasteiger charge is -2.11. The molecule has 2 N–H and O–H groups in total. The van der Waals surface area contributed by atoms with Crippen LogP contribution in [0.3, 0.4) is 0 Å². The van der Waals surface area contributed by atoms with Crippen molar-refractivity contribution in [1.82, 2.24) is 25.1 Å². The Labute approximate surface area is 174 Å². The molecule has 0 atom stereocenters. The van der Waals surface area contributed by atoms with Crippen molar-refractivity contribution < 1.29 is 4.79 Å². The Hall–Kier alpha value is -2.67. The molecule has 1 aromatic carbocycles. The topological polar surface area (TPSA) is 84.7 Å². The van der Waals surface area contributed by atoms with Gasteiger partial charge in [-0.3, -0.25) is 4.79 Å². The van der Waals surface area contributed by atoms with E-state index in [2.05, 4.69) is 15.7 Å². The summed E-state index contributed by atoms with van der Waals surface area (Å²) in [5, 5.41) is 12.3. The molecule has 0 spiro atoms. The number of halogens is 1. The lowest BCUT2D eigenvalue weighted by atomic mass is 10.1. The van der Waals surface area contributed by atoms with Gasteiger partial charge in [0.15, 0.2) is 5.65 Å². The predicted molar refractivity (Wildman–Crippen MR) is 115 cm³/mol. The van der Waals surface area contributed by atoms with E-state index in [-0.39, 0.29) is 5.91 Å². The first-order chi connectivity index (χ1) is 14.0. The van der Waals surface area contributed by atoms with Gasteiger partial charge >= 0.3 is 0 Å². The van der Waals surface area contributed by atoms with Crippen molar-refractivity contribution in [3.05, 3.63) is 41.3 Å². The van der Waals surface area contributed by atoms with Crippen LogP contribution >= 0.6 is 11.6 Å². The molecule has 1 aliphatic carbocycles. The Morgan fingerprint density at radius 2 is 2.10 bits per heavy atom. The van der Waals surface area contributed by atoms with Crippen molar-refractivity contribution >= 4 is 34.4 Å². The number of fused-ring (bicyclic) bond motifs is 1. The van der Waals surface area contributed by atoms with Crippen LogP contribution < -0.4 is 10.6 Å². The normalized spacial score (nSPS) is 13.8. The third kappa shape index (κ3) is 4.67. The molecule has 152 valence electrons. The lowest BCUT2D eigenvalue weighted by Crippen LogP contribution is -2.29. The average Bonchev–Trinajstić information content (AvgIpc) is 3.43. The van der Waals surface area contributed by atoms with Crippen LogP contribution in [-0.4, -0.2) is 38.7 Å². The van der Waals surface area contributed by atoms with Crippen LogP contribution in [0.5, 0.6) is 0 Å². The maximum Gasteiger partial charge on any atom is 0.220 e. The smallest absolute Gasteiger partial charge is 0.220 e. The van der Waals surface area contributed by atoms with Crippen LogP contribution in [0.15, 0.2) is 30.5 Å². The van der Waals surface area contributed by atoms with Gasteiger partial charge in [0.2, 0.25) is 5.91 Å². The number of aromatic nitrogens is 4. The molecule has 1 aliphatic rings. The number of anilines is 1. The van der Waals surface area contributed by atoms with Gasteiger partial charge in [0.05, 0.1) is 17.3 Å². The molecule has 29 heavy (non-hydrogen) atoms. The highest BCUT2D eigenvalue weighted by molar-refractivity contribution is 6.30. The number of carbonyl (C=O) groups is 1. The fourth-order valence-electron chi connectivity index (χ4n) is 3.21. The van der Waals surface area contributed by atoms with Gasteiger partial charge in [-0.25, -0.2) is 14.6 Å². The first kappa shape index (κ1) is 19.6. The molecule has 4 rings (SSSR count). The standard InChI is InChI=1S/C21H25ClN6O/c1-13(2)10-18(29)23-8-9-24-20-17-12-25-28(16-5-3-4-15(22)11-16)21(17)27-19(26-20)14-6-7-14/h3-5,11-14H,6-10H2,1-2H3,(H,23,29)(H,24,26,27). The van der Waals surface area contributed by atoms with Gasteiger partial charge in [-0.15, -0.1) is 0 Å². The minimum Gasteiger partial charge on any atom is -0.368 e. The summed E-state index contributed by atoms with van der Waals surface area (Å²) in [5.41, 5.74) is 1.62. The van der Waals surface area contributed by atoms with Gasteiger partial charge in [0, 0.05) is 30.5 Å². The Bertz CT molecular complexity index is 1030. The zero-order valence-corrected chi connectivity index (χ0v) is 17.4. The van der Waals surface area contributed by atoms with E-state index in [1.54, 1.807) is 10.9 Å². The van der Waals surface area contributed by atoms with Gasteiger partial charge in [-0.2, -0.15) is 5.10 Å². The zero-order chi connectivity index (χ0) is 20.4. The van der Waals surface area contributed by atoms with E-state index in [4.69, 9.17) is 21.6 Å². The maximum absolute atomic E-state index is 11.8. The number of nitrogens with zero attached hydrogens (tertiary/aromatic N) is 4. The highest BCUT2D eigenvalue weighted by atomic mass is 35.5. The molecule has 8 heteroatoms. The summed E-state index contributed by atoms with van der Waals surface area (Å²) in [5.74, 6) is 2.43. The van der Waals surface area contributed by atoms with Gasteiger partial charge in [-0.05, 0) is 37.0 Å². The third-order valence-corrected chi connectivity index (χ3v) is 5.01. The number of rotatable bonds is 8. The SMILES string of the molecule is CC(C)CC(=O)NCCNc1nc(C2CC2)nc2c1cnn2-c1cccc(Cl)c1. The molecule has 2 heterocycles. The van der Waals surface area contributed by atoms with E-state index in [1.807, 2.05) is 38.1 Å². The second-order valence-corrected chi connectivity index (χ2v) is 8.29. The van der Waals surface area contributed by atoms with E-state index >= 15 is 0 Å². The van der Waals surface area contributed by atoms with E-state index in [0.717, 1.165) is 41.2 Å². The van der Waals surface area contributed by atoms with Crippen LogP contribution in [0.25, 0.3) is 16.7 Å². The minimum absolute atomic E-state index is 0.0714. The van der Waals surface area contributed by atoms with Crippen molar-refractivity contribution in [3.63, 3.8) is 0 Å². The Balaban J connectivity index is 1.56. The van der Waals surface area contributed by atoms with Crippen molar-refractivity contribution in [2.24, 2.45) is 5.92 Å². The van der Waals surface area contributed by atoms with Crippen molar-refractivity contribution in [2.75, 3.05) is 18.4 Å². The molecule has 0 radical (unpaired) electrons. The molecule has 3 aromatic rings. The second-order valence-electron chi connectivity index (χ2n) is 7.85. The summed E-state index contributed by atoms with van der Waals surface area (Å²) in [6, 6.07) is 7.55. The summed E-state index contributed by atoms with van der Waals surface area (Å²) >= 11 is 6.16. The zero-order valence-electron chi connectivity index (χ0n) is 16.7. The van der Waals surface area contributed by atoms with Gasteiger partial charge in [-0.1, -0.05) is 31.5 Å². The number of amides is 1. The quantitative estimate of drug-likeness (QED) is 0.548. The molecule has 0 bridgehead atoms. The number of hydrogen-bond acceptors (Lipinski definition) is 5. The lowest BCUT2D eigenvalue weighted by molar-refractivity contribution is -0.121. The fraction of sp³-hybridized carbons (Fsp3) is 0.429. The Kier molecular flexibility index (Phi) is 5.67. The van der Waals surface area contributed by atoms with E-state index in [1.165, 1.54) is 0 Å². The van der Waals surface area contributed by atoms with Gasteiger partial charge in [0.25, 0.3) is 0 Å². The Morgan fingerprint density at radius 3 is 2.83 bits per heavy atom. The number of hydrogen-bond donors (Lipinski definition) is 2. The van der Waals surface area contributed by atoms with E-state index < -0.39 is 0 Å². The molecule has 7 nitrogen and oxygen atoms in total. The first-order valence-electron chi connectivity index (χ1n) is 10.0. The summed E-state index contributed by atoms with van der Waals surface area (Å²) in [4.78, 5) is 21.4. The van der Waals surface area contributed by atoms with Gasteiger partial charge < -0.3 is 10.6 Å². The van der Waals surface area contributed by atoms with Gasteiger partial charge in [0.1, 0.15) is 11.6 Å². The molecular weight excluding hydrogens is 388 g/mol. The van der Waals surface area contributed by atoms with Crippen LogP contribution in [0, 0.1) is 5.92 Å². The number of benzene rings is 1. The van der Waals surface area contributed by atoms with Crippen LogP contribution in [0.1, 0.15) is 44.9 Å². The highest BCUT2D eigenvalue weighted by Gasteiger charge is 2.28. The highest BCUT2D eigenvalue weighted by Crippen LogP contribution is 2.39. The fourth-order valence-corrected chi connectivity index (χ4v) is 3.39. The maximum atomic E-state index is 11.8. The summed E-state index contributed by atoms with van der Waals surface area (Å²) in [7, 11) is 0. The first-order valence-corrected chi connectivity index (χ1v) is 10.4. The van der Waals surface area contributed by atoms with Crippen molar-refractivity contribution in [2.45, 2.75) is 39.0 Å². The number of nitrogens with one attached hydrogen (secondary N) is 2. The molecule has 0 unspecified atom stereocenters. The largest absolute Gasteiger partial charge is 0.368 e. The van der Waals surface area contributed by atoms with E-state index in [9.17, 15) is 4.79 Å². The third-order valence-electron chi connectivity index (χ3n) is 4.77. The van der Waals surface area contributed by atoms with E-state index in [0.29, 0.717) is 36.4 Å². The Morgan fingerprint density at radius 1 is 1.28 bits per heavy atom.